The number of nitriles is 1. The Bertz CT molecular complexity index is 590. The maximum Gasteiger partial charge on any atom is 0.147 e. The van der Waals surface area contributed by atoms with Gasteiger partial charge < -0.3 is 10.1 Å². The molecule has 1 N–H and O–H groups in total. The maximum atomic E-state index is 9.01. The van der Waals surface area contributed by atoms with E-state index in [1.165, 1.54) is 0 Å². The lowest BCUT2D eigenvalue weighted by molar-refractivity contribution is 0.479. The lowest BCUT2D eigenvalue weighted by atomic mass is 10.2. The van der Waals surface area contributed by atoms with Gasteiger partial charge in [-0.2, -0.15) is 5.26 Å². The van der Waals surface area contributed by atoms with Crippen LogP contribution in [0.15, 0.2) is 42.7 Å². The van der Waals surface area contributed by atoms with Crippen LogP contribution < -0.4 is 10.1 Å². The fraction of sp³-hybridized carbons (Fsp3) is 0.200. The molecule has 4 heteroatoms. The molecule has 0 aliphatic heterocycles. The smallest absolute Gasteiger partial charge is 0.147 e. The van der Waals surface area contributed by atoms with E-state index in [9.17, 15) is 0 Å². The van der Waals surface area contributed by atoms with Gasteiger partial charge in [-0.05, 0) is 18.6 Å². The monoisotopic (exact) mass is 253 g/mol. The molecule has 0 saturated carbocycles. The van der Waals surface area contributed by atoms with Crippen LogP contribution >= 0.6 is 0 Å². The number of rotatable bonds is 5. The standard InChI is InChI=1S/C15H15N3O/c1-2-7-18-13-8-14(11-17-10-13)19-15-6-4-3-5-12(15)9-16/h3-6,8,10-11,18H,2,7H2,1H3. The van der Waals surface area contributed by atoms with Crippen molar-refractivity contribution in [2.24, 2.45) is 0 Å². The van der Waals surface area contributed by atoms with Gasteiger partial charge in [-0.3, -0.25) is 4.98 Å². The first kappa shape index (κ1) is 12.9. The normalized spacial score (nSPS) is 9.68. The highest BCUT2D eigenvalue weighted by Crippen LogP contribution is 2.25. The van der Waals surface area contributed by atoms with Crippen molar-refractivity contribution >= 4 is 5.69 Å². The van der Waals surface area contributed by atoms with E-state index in [0.29, 0.717) is 17.1 Å². The molecule has 0 atom stereocenters. The van der Waals surface area contributed by atoms with E-state index in [-0.39, 0.29) is 0 Å². The first-order valence-corrected chi connectivity index (χ1v) is 6.19. The van der Waals surface area contributed by atoms with Gasteiger partial charge >= 0.3 is 0 Å². The van der Waals surface area contributed by atoms with Crippen LogP contribution in [0.1, 0.15) is 18.9 Å². The number of hydrogen-bond donors (Lipinski definition) is 1. The molecule has 0 bridgehead atoms. The summed E-state index contributed by atoms with van der Waals surface area (Å²) in [5, 5.41) is 12.3. The molecule has 0 radical (unpaired) electrons. The van der Waals surface area contributed by atoms with Crippen LogP contribution in [-0.2, 0) is 0 Å². The van der Waals surface area contributed by atoms with Gasteiger partial charge in [-0.25, -0.2) is 0 Å². The van der Waals surface area contributed by atoms with Crippen molar-refractivity contribution in [3.8, 4) is 17.6 Å². The predicted molar refractivity (Wildman–Crippen MR) is 74.2 cm³/mol. The average Bonchev–Trinajstić information content (AvgIpc) is 2.46. The number of ether oxygens (including phenoxy) is 1. The molecule has 0 aliphatic rings. The van der Waals surface area contributed by atoms with E-state index in [1.807, 2.05) is 18.2 Å². The molecule has 1 aromatic heterocycles. The quantitative estimate of drug-likeness (QED) is 0.885. The zero-order chi connectivity index (χ0) is 13.5. The fourth-order valence-corrected chi connectivity index (χ4v) is 1.62. The Hall–Kier alpha value is -2.54. The summed E-state index contributed by atoms with van der Waals surface area (Å²) < 4.78 is 5.70. The first-order valence-electron chi connectivity index (χ1n) is 6.19. The zero-order valence-corrected chi connectivity index (χ0v) is 10.8. The number of nitrogens with zero attached hydrogens (tertiary/aromatic N) is 2. The van der Waals surface area contributed by atoms with Crippen LogP contribution in [0.5, 0.6) is 11.5 Å². The maximum absolute atomic E-state index is 9.01. The van der Waals surface area contributed by atoms with Gasteiger partial charge in [0.15, 0.2) is 0 Å². The van der Waals surface area contributed by atoms with Crippen LogP contribution in [0.4, 0.5) is 5.69 Å². The number of pyridine rings is 1. The average molecular weight is 253 g/mol. The summed E-state index contributed by atoms with van der Waals surface area (Å²) in [7, 11) is 0. The van der Waals surface area contributed by atoms with Gasteiger partial charge in [0.25, 0.3) is 0 Å². The van der Waals surface area contributed by atoms with Crippen LogP contribution in [-0.4, -0.2) is 11.5 Å². The Morgan fingerprint density at radius 2 is 2.16 bits per heavy atom. The highest BCUT2D eigenvalue weighted by atomic mass is 16.5. The van der Waals surface area contributed by atoms with Gasteiger partial charge in [0.1, 0.15) is 17.6 Å². The van der Waals surface area contributed by atoms with E-state index in [4.69, 9.17) is 10.00 Å². The minimum absolute atomic E-state index is 0.509. The van der Waals surface area contributed by atoms with E-state index in [2.05, 4.69) is 23.3 Å². The molecule has 1 heterocycles. The molecule has 96 valence electrons. The molecular weight excluding hydrogens is 238 g/mol. The predicted octanol–water partition coefficient (Wildman–Crippen LogP) is 3.57. The molecule has 0 amide bonds. The van der Waals surface area contributed by atoms with Crippen molar-refractivity contribution in [2.75, 3.05) is 11.9 Å². The third-order valence-corrected chi connectivity index (χ3v) is 2.53. The van der Waals surface area contributed by atoms with Crippen molar-refractivity contribution in [1.29, 1.82) is 5.26 Å². The zero-order valence-electron chi connectivity index (χ0n) is 10.8. The molecular formula is C15H15N3O. The van der Waals surface area contributed by atoms with Crippen LogP contribution in [0, 0.1) is 11.3 Å². The number of anilines is 1. The van der Waals surface area contributed by atoms with Crippen LogP contribution in [0.2, 0.25) is 0 Å². The third kappa shape index (κ3) is 3.46. The van der Waals surface area contributed by atoms with Crippen molar-refractivity contribution < 1.29 is 4.74 Å². The van der Waals surface area contributed by atoms with Crippen LogP contribution in [0.25, 0.3) is 0 Å². The topological polar surface area (TPSA) is 57.9 Å². The molecule has 19 heavy (non-hydrogen) atoms. The molecule has 0 unspecified atom stereocenters. The number of aromatic nitrogens is 1. The fourth-order valence-electron chi connectivity index (χ4n) is 1.62. The minimum atomic E-state index is 0.509. The summed E-state index contributed by atoms with van der Waals surface area (Å²) in [5.74, 6) is 1.16. The summed E-state index contributed by atoms with van der Waals surface area (Å²) in [6.07, 6.45) is 4.42. The number of hydrogen-bond acceptors (Lipinski definition) is 4. The molecule has 2 rings (SSSR count). The van der Waals surface area contributed by atoms with Gasteiger partial charge in [0.2, 0.25) is 0 Å². The summed E-state index contributed by atoms with van der Waals surface area (Å²) in [5.41, 5.74) is 1.42. The Labute approximate surface area is 112 Å². The first-order chi connectivity index (χ1) is 9.33. The summed E-state index contributed by atoms with van der Waals surface area (Å²) in [4.78, 5) is 4.12. The van der Waals surface area contributed by atoms with Crippen molar-refractivity contribution in [1.82, 2.24) is 4.98 Å². The Morgan fingerprint density at radius 3 is 2.95 bits per heavy atom. The van der Waals surface area contributed by atoms with Gasteiger partial charge in [0, 0.05) is 12.6 Å². The third-order valence-electron chi connectivity index (χ3n) is 2.53. The van der Waals surface area contributed by atoms with E-state index in [0.717, 1.165) is 18.7 Å². The molecule has 0 aliphatic carbocycles. The largest absolute Gasteiger partial charge is 0.454 e. The highest BCUT2D eigenvalue weighted by Gasteiger charge is 2.04. The lowest BCUT2D eigenvalue weighted by Gasteiger charge is -2.09. The van der Waals surface area contributed by atoms with Gasteiger partial charge in [0.05, 0.1) is 23.6 Å². The lowest BCUT2D eigenvalue weighted by Crippen LogP contribution is -2.00. The van der Waals surface area contributed by atoms with E-state index >= 15 is 0 Å². The molecule has 0 saturated heterocycles. The minimum Gasteiger partial charge on any atom is -0.454 e. The highest BCUT2D eigenvalue weighted by molar-refractivity contribution is 5.49. The SMILES string of the molecule is CCCNc1cncc(Oc2ccccc2C#N)c1. The molecule has 0 spiro atoms. The van der Waals surface area contributed by atoms with Gasteiger partial charge in [-0.1, -0.05) is 19.1 Å². The molecule has 0 fully saturated rings. The van der Waals surface area contributed by atoms with Crippen LogP contribution in [0.3, 0.4) is 0 Å². The second-order valence-electron chi connectivity index (χ2n) is 4.05. The Balaban J connectivity index is 2.17. The number of benzene rings is 1. The van der Waals surface area contributed by atoms with Crippen molar-refractivity contribution in [3.05, 3.63) is 48.3 Å². The van der Waals surface area contributed by atoms with Crippen molar-refractivity contribution in [2.45, 2.75) is 13.3 Å². The number of nitrogens with one attached hydrogen (secondary N) is 1. The summed E-state index contributed by atoms with van der Waals surface area (Å²) in [6, 6.07) is 11.1. The Morgan fingerprint density at radius 1 is 1.32 bits per heavy atom. The number of para-hydroxylation sites is 1. The molecule has 4 nitrogen and oxygen atoms in total. The summed E-state index contributed by atoms with van der Waals surface area (Å²) >= 11 is 0. The molecule has 1 aromatic carbocycles. The van der Waals surface area contributed by atoms with Gasteiger partial charge in [-0.15, -0.1) is 0 Å². The Kier molecular flexibility index (Phi) is 4.35. The van der Waals surface area contributed by atoms with Crippen molar-refractivity contribution in [3.63, 3.8) is 0 Å². The second-order valence-corrected chi connectivity index (χ2v) is 4.05. The molecule has 2 aromatic rings. The summed E-state index contributed by atoms with van der Waals surface area (Å²) in [6.45, 7) is 2.99. The van der Waals surface area contributed by atoms with E-state index < -0.39 is 0 Å². The van der Waals surface area contributed by atoms with E-state index in [1.54, 1.807) is 24.5 Å². The second kappa shape index (κ2) is 6.41.